The molecule has 0 heterocycles. The highest BCUT2D eigenvalue weighted by Crippen LogP contribution is 2.12. The van der Waals surface area contributed by atoms with Crippen LogP contribution < -0.4 is 0 Å². The van der Waals surface area contributed by atoms with Gasteiger partial charge in [-0.05, 0) is 18.2 Å². The fraction of sp³-hybridized carbons (Fsp3) is 0.750. The van der Waals surface area contributed by atoms with E-state index in [4.69, 9.17) is 16.9 Å². The molecule has 0 rings (SSSR count). The zero-order valence-electron chi connectivity index (χ0n) is 4.84. The van der Waals surface area contributed by atoms with Gasteiger partial charge in [0, 0.05) is 16.1 Å². The van der Waals surface area contributed by atoms with Crippen LogP contribution in [0.3, 0.4) is 0 Å². The molecule has 0 spiro atoms. The first-order chi connectivity index (χ1) is 4.09. The molecule has 3 nitrogen and oxygen atoms in total. The summed E-state index contributed by atoms with van der Waals surface area (Å²) < 4.78 is 0.981. The number of halogens is 2. The van der Waals surface area contributed by atoms with Crippen LogP contribution >= 0.6 is 27.9 Å². The highest BCUT2D eigenvalue weighted by Gasteiger charge is 2.19. The Bertz CT molecular complexity index is 109. The Labute approximate surface area is 67.0 Å². The van der Waals surface area contributed by atoms with Gasteiger partial charge < -0.3 is 5.11 Å². The molecule has 0 aliphatic heterocycles. The SMILES string of the molecule is CCC(C(=O)O)N(Cl)Br. The Kier molecular flexibility index (Phi) is 4.18. The molecule has 0 aromatic carbocycles. The summed E-state index contributed by atoms with van der Waals surface area (Å²) in [6.45, 7) is 1.75. The van der Waals surface area contributed by atoms with Crippen LogP contribution in [0.15, 0.2) is 0 Å². The minimum absolute atomic E-state index is 0.476. The molecule has 0 bridgehead atoms. The lowest BCUT2D eigenvalue weighted by Gasteiger charge is -2.11. The molecule has 54 valence electrons. The number of carboxylic acid groups (broad SMARTS) is 1. The van der Waals surface area contributed by atoms with Gasteiger partial charge in [-0.25, -0.2) is 0 Å². The topological polar surface area (TPSA) is 40.5 Å². The highest BCUT2D eigenvalue weighted by atomic mass is 79.9. The standard InChI is InChI=1S/C4H7BrClNO2/c1-2-3(4(8)9)7(5)6/h3H,2H2,1H3,(H,8,9). The molecule has 5 heteroatoms. The maximum Gasteiger partial charge on any atom is 0.323 e. The quantitative estimate of drug-likeness (QED) is 0.729. The predicted octanol–water partition coefficient (Wildman–Crippen LogP) is 1.62. The summed E-state index contributed by atoms with van der Waals surface area (Å²) in [5, 5.41) is 8.39. The van der Waals surface area contributed by atoms with Crippen molar-refractivity contribution in [2.75, 3.05) is 0 Å². The second kappa shape index (κ2) is 4.09. The molecule has 1 N–H and O–H groups in total. The van der Waals surface area contributed by atoms with Crippen molar-refractivity contribution < 1.29 is 9.90 Å². The van der Waals surface area contributed by atoms with Crippen molar-refractivity contribution in [3.63, 3.8) is 0 Å². The molecule has 1 unspecified atom stereocenters. The molecule has 0 saturated carbocycles. The summed E-state index contributed by atoms with van der Waals surface area (Å²) in [5.41, 5.74) is 0. The largest absolute Gasteiger partial charge is 0.480 e. The van der Waals surface area contributed by atoms with Crippen molar-refractivity contribution in [1.82, 2.24) is 3.45 Å². The fourth-order valence-electron chi connectivity index (χ4n) is 0.396. The summed E-state index contributed by atoms with van der Waals surface area (Å²) >= 11 is 8.13. The molecular formula is C4H7BrClNO2. The van der Waals surface area contributed by atoms with Crippen molar-refractivity contribution in [3.05, 3.63) is 0 Å². The zero-order chi connectivity index (χ0) is 7.44. The van der Waals surface area contributed by atoms with Crippen molar-refractivity contribution in [2.45, 2.75) is 19.4 Å². The Morgan fingerprint density at radius 1 is 2.00 bits per heavy atom. The third-order valence-corrected chi connectivity index (χ3v) is 1.64. The monoisotopic (exact) mass is 215 g/mol. The van der Waals surface area contributed by atoms with E-state index in [1.54, 1.807) is 6.92 Å². The van der Waals surface area contributed by atoms with Gasteiger partial charge in [0.1, 0.15) is 6.04 Å². The summed E-state index contributed by atoms with van der Waals surface area (Å²) in [5.74, 6) is -0.927. The van der Waals surface area contributed by atoms with E-state index >= 15 is 0 Å². The van der Waals surface area contributed by atoms with E-state index < -0.39 is 12.0 Å². The normalized spacial score (nSPS) is 13.8. The minimum atomic E-state index is -0.927. The average molecular weight is 216 g/mol. The lowest BCUT2D eigenvalue weighted by Crippen LogP contribution is -2.27. The van der Waals surface area contributed by atoms with E-state index in [1.165, 1.54) is 0 Å². The fourth-order valence-corrected chi connectivity index (χ4v) is 1.08. The van der Waals surface area contributed by atoms with Gasteiger partial charge in [-0.1, -0.05) is 6.92 Å². The molecule has 0 aliphatic carbocycles. The molecule has 0 fully saturated rings. The second-order valence-corrected chi connectivity index (χ2v) is 3.06. The van der Waals surface area contributed by atoms with Gasteiger partial charge in [-0.2, -0.15) is 0 Å². The first-order valence-corrected chi connectivity index (χ1v) is 3.48. The van der Waals surface area contributed by atoms with Gasteiger partial charge in [0.05, 0.1) is 0 Å². The second-order valence-electron chi connectivity index (χ2n) is 1.52. The Hall–Kier alpha value is 0.200. The van der Waals surface area contributed by atoms with Crippen LogP contribution in [-0.4, -0.2) is 20.6 Å². The number of hydrogen-bond donors (Lipinski definition) is 1. The van der Waals surface area contributed by atoms with Crippen molar-refractivity contribution >= 4 is 33.9 Å². The molecule has 0 radical (unpaired) electrons. The summed E-state index contributed by atoms with van der Waals surface area (Å²) in [4.78, 5) is 10.2. The van der Waals surface area contributed by atoms with E-state index in [2.05, 4.69) is 16.1 Å². The molecule has 9 heavy (non-hydrogen) atoms. The van der Waals surface area contributed by atoms with Gasteiger partial charge in [-0.15, -0.1) is 3.45 Å². The summed E-state index contributed by atoms with van der Waals surface area (Å²) in [6.07, 6.45) is 0.476. The molecule has 1 atom stereocenters. The smallest absolute Gasteiger partial charge is 0.323 e. The highest BCUT2D eigenvalue weighted by molar-refractivity contribution is 9.08. The first kappa shape index (κ1) is 9.20. The Balaban J connectivity index is 3.83. The maximum absolute atomic E-state index is 10.2. The molecule has 0 amide bonds. The van der Waals surface area contributed by atoms with E-state index in [1.807, 2.05) is 0 Å². The zero-order valence-corrected chi connectivity index (χ0v) is 7.18. The van der Waals surface area contributed by atoms with Crippen LogP contribution in [0.4, 0.5) is 0 Å². The first-order valence-electron chi connectivity index (χ1n) is 2.43. The van der Waals surface area contributed by atoms with Gasteiger partial charge in [0.25, 0.3) is 0 Å². The number of rotatable bonds is 3. The number of nitrogens with zero attached hydrogens (tertiary/aromatic N) is 1. The van der Waals surface area contributed by atoms with E-state index in [-0.39, 0.29) is 0 Å². The van der Waals surface area contributed by atoms with Crippen molar-refractivity contribution in [1.29, 1.82) is 0 Å². The minimum Gasteiger partial charge on any atom is -0.480 e. The number of carboxylic acids is 1. The third kappa shape index (κ3) is 3.03. The van der Waals surface area contributed by atoms with Crippen LogP contribution in [0.25, 0.3) is 0 Å². The van der Waals surface area contributed by atoms with Gasteiger partial charge in [-0.3, -0.25) is 4.79 Å². The third-order valence-electron chi connectivity index (χ3n) is 0.907. The molecule has 0 aliphatic rings. The summed E-state index contributed by atoms with van der Waals surface area (Å²) in [7, 11) is 0. The lowest BCUT2D eigenvalue weighted by atomic mass is 10.2. The molecule has 0 aromatic heterocycles. The van der Waals surface area contributed by atoms with E-state index in [0.29, 0.717) is 6.42 Å². The van der Waals surface area contributed by atoms with Gasteiger partial charge in [0.2, 0.25) is 0 Å². The predicted molar refractivity (Wildman–Crippen MR) is 38.3 cm³/mol. The van der Waals surface area contributed by atoms with Crippen molar-refractivity contribution in [2.24, 2.45) is 0 Å². The van der Waals surface area contributed by atoms with Crippen LogP contribution in [-0.2, 0) is 4.79 Å². The van der Waals surface area contributed by atoms with E-state index in [0.717, 1.165) is 3.45 Å². The average Bonchev–Trinajstić information content (AvgIpc) is 1.64. The maximum atomic E-state index is 10.2. The summed E-state index contributed by atoms with van der Waals surface area (Å²) in [6, 6.07) is -0.647. The van der Waals surface area contributed by atoms with Gasteiger partial charge >= 0.3 is 5.97 Å². The molecular weight excluding hydrogens is 209 g/mol. The van der Waals surface area contributed by atoms with Gasteiger partial charge in [0.15, 0.2) is 0 Å². The van der Waals surface area contributed by atoms with Crippen LogP contribution in [0.2, 0.25) is 0 Å². The van der Waals surface area contributed by atoms with Crippen LogP contribution in [0.5, 0.6) is 0 Å². The number of carbonyl (C=O) groups is 1. The number of hydrogen-bond acceptors (Lipinski definition) is 2. The van der Waals surface area contributed by atoms with Crippen LogP contribution in [0.1, 0.15) is 13.3 Å². The number of aliphatic carboxylic acids is 1. The van der Waals surface area contributed by atoms with Crippen LogP contribution in [0, 0.1) is 0 Å². The Morgan fingerprint density at radius 2 is 2.44 bits per heavy atom. The molecule has 0 aromatic rings. The van der Waals surface area contributed by atoms with E-state index in [9.17, 15) is 4.79 Å². The molecule has 0 saturated heterocycles. The lowest BCUT2D eigenvalue weighted by molar-refractivity contribution is -0.140. The van der Waals surface area contributed by atoms with Crippen molar-refractivity contribution in [3.8, 4) is 0 Å². The Morgan fingerprint density at radius 3 is 2.44 bits per heavy atom.